The molecule has 2 aromatic carbocycles. The zero-order valence-electron chi connectivity index (χ0n) is 27.2. The molecular weight excluding hydrogens is 650 g/mol. The number of hydrogen-bond acceptors (Lipinski definition) is 8. The van der Waals surface area contributed by atoms with Crippen LogP contribution in [0.15, 0.2) is 65.7 Å². The van der Waals surface area contributed by atoms with Gasteiger partial charge in [-0.2, -0.15) is 0 Å². The number of nitrogens with one attached hydrogen (secondary N) is 4. The number of amides is 6. The van der Waals surface area contributed by atoms with Gasteiger partial charge in [0.15, 0.2) is 5.96 Å². The van der Waals surface area contributed by atoms with Crippen LogP contribution in [0.5, 0.6) is 0 Å². The molecule has 0 aliphatic carbocycles. The minimum absolute atomic E-state index is 0.0352. The molecule has 50 heavy (non-hydrogen) atoms. The monoisotopic (exact) mass is 691 g/mol. The average molecular weight is 692 g/mol. The van der Waals surface area contributed by atoms with Crippen molar-refractivity contribution in [2.45, 2.75) is 62.9 Å². The van der Waals surface area contributed by atoms with Gasteiger partial charge in [0.2, 0.25) is 35.4 Å². The van der Waals surface area contributed by atoms with E-state index >= 15 is 0 Å². The number of guanidine groups is 1. The molecule has 0 saturated carbocycles. The number of hydrogen-bond donors (Lipinski definition) is 7. The van der Waals surface area contributed by atoms with Crippen LogP contribution in [0.3, 0.4) is 0 Å². The first-order valence-electron chi connectivity index (χ1n) is 16.0. The molecule has 2 aromatic rings. The Morgan fingerprint density at radius 2 is 1.30 bits per heavy atom. The van der Waals surface area contributed by atoms with Gasteiger partial charge in [-0.15, -0.1) is 0 Å². The molecule has 3 aliphatic heterocycles. The molecule has 0 radical (unpaired) electrons. The topological polar surface area (TPSA) is 259 Å². The SMILES string of the molecule is NC(N)=NCCC[C@@H]1NC(=O)C[C@H]2C(=O)N(Cc3ccccc3)[C@H](CNC(=O)[C@H](CC(=O)O)NC(=O)CNC1=O)C(=O)N2Cc1ccccc1. The van der Waals surface area contributed by atoms with Gasteiger partial charge >= 0.3 is 5.97 Å². The van der Waals surface area contributed by atoms with Crippen molar-refractivity contribution in [3.8, 4) is 0 Å². The van der Waals surface area contributed by atoms with Crippen molar-refractivity contribution in [2.24, 2.45) is 16.5 Å². The summed E-state index contributed by atoms with van der Waals surface area (Å²) < 4.78 is 0. The summed E-state index contributed by atoms with van der Waals surface area (Å²) in [5.41, 5.74) is 12.1. The fraction of sp³-hybridized carbons (Fsp3) is 0.394. The van der Waals surface area contributed by atoms with E-state index < -0.39 is 91.5 Å². The van der Waals surface area contributed by atoms with Gasteiger partial charge in [0.1, 0.15) is 24.2 Å². The first-order chi connectivity index (χ1) is 23.9. The maximum Gasteiger partial charge on any atom is 0.305 e. The Morgan fingerprint density at radius 1 is 0.760 bits per heavy atom. The first-order valence-corrected chi connectivity index (χ1v) is 16.0. The van der Waals surface area contributed by atoms with Crippen LogP contribution in [0.2, 0.25) is 0 Å². The Balaban J connectivity index is 1.75. The van der Waals surface area contributed by atoms with Gasteiger partial charge in [0.25, 0.3) is 0 Å². The minimum Gasteiger partial charge on any atom is -0.481 e. The van der Waals surface area contributed by atoms with E-state index in [4.69, 9.17) is 11.5 Å². The molecule has 4 atom stereocenters. The van der Waals surface area contributed by atoms with Crippen LogP contribution in [0.25, 0.3) is 0 Å². The third-order valence-corrected chi connectivity index (χ3v) is 8.18. The second kappa shape index (κ2) is 17.4. The summed E-state index contributed by atoms with van der Waals surface area (Å²) in [7, 11) is 0. The normalized spacial score (nSPS) is 22.2. The molecule has 3 fully saturated rings. The molecule has 3 saturated heterocycles. The maximum absolute atomic E-state index is 14.4. The summed E-state index contributed by atoms with van der Waals surface area (Å²) in [6.45, 7) is -1.02. The summed E-state index contributed by atoms with van der Waals surface area (Å²) in [5, 5.41) is 19.3. The Morgan fingerprint density at radius 3 is 1.88 bits per heavy atom. The number of rotatable bonds is 10. The number of nitrogens with two attached hydrogens (primary N) is 2. The van der Waals surface area contributed by atoms with Crippen molar-refractivity contribution in [3.05, 3.63) is 71.8 Å². The fourth-order valence-corrected chi connectivity index (χ4v) is 5.73. The van der Waals surface area contributed by atoms with E-state index in [0.29, 0.717) is 11.1 Å². The number of carbonyl (C=O) groups is 7. The maximum atomic E-state index is 14.4. The zero-order valence-corrected chi connectivity index (χ0v) is 27.2. The third-order valence-electron chi connectivity index (χ3n) is 8.18. The second-order valence-electron chi connectivity index (χ2n) is 11.9. The molecule has 0 unspecified atom stereocenters. The van der Waals surface area contributed by atoms with Crippen molar-refractivity contribution in [1.29, 1.82) is 0 Å². The van der Waals surface area contributed by atoms with E-state index in [-0.39, 0.29) is 38.4 Å². The van der Waals surface area contributed by atoms with Gasteiger partial charge in [-0.3, -0.25) is 38.6 Å². The molecule has 0 spiro atoms. The van der Waals surface area contributed by atoms with Crippen LogP contribution in [0, 0.1) is 0 Å². The standard InChI is InChI=1S/C33H41N9O8/c34-33(35)36-13-7-12-22-29(47)38-17-27(44)40-23(14-28(45)46)30(48)37-16-25-32(50)41(18-20-8-3-1-4-9-20)24(15-26(43)39-22)31(49)42(25)19-21-10-5-2-6-11-21/h1-6,8-11,22-25H,7,12-19H2,(H,37,48)(H,38,47)(H,39,43)(H,40,44)(H,45,46)(H4,34,35,36)/t22-,23-,24-,25+/m0/s1. The average Bonchev–Trinajstić information content (AvgIpc) is 3.08. The number of carbonyl (C=O) groups excluding carboxylic acids is 6. The molecule has 266 valence electrons. The molecule has 3 aliphatic rings. The van der Waals surface area contributed by atoms with Crippen LogP contribution in [-0.4, -0.2) is 106 Å². The molecule has 3 heterocycles. The highest BCUT2D eigenvalue weighted by Gasteiger charge is 2.47. The first kappa shape index (κ1) is 36.8. The fourth-order valence-electron chi connectivity index (χ4n) is 5.73. The van der Waals surface area contributed by atoms with Crippen LogP contribution in [-0.2, 0) is 46.7 Å². The van der Waals surface area contributed by atoms with Gasteiger partial charge in [-0.1, -0.05) is 60.7 Å². The smallest absolute Gasteiger partial charge is 0.305 e. The number of carboxylic acids is 1. The van der Waals surface area contributed by atoms with E-state index in [2.05, 4.69) is 26.3 Å². The highest BCUT2D eigenvalue weighted by Crippen LogP contribution is 2.25. The Hall–Kier alpha value is -6.00. The predicted octanol–water partition coefficient (Wildman–Crippen LogP) is -2.07. The molecular formula is C33H41N9O8. The van der Waals surface area contributed by atoms with Crippen LogP contribution in [0.4, 0.5) is 0 Å². The minimum atomic E-state index is -1.58. The molecule has 17 nitrogen and oxygen atoms in total. The predicted molar refractivity (Wildman–Crippen MR) is 178 cm³/mol. The molecule has 2 bridgehead atoms. The largest absolute Gasteiger partial charge is 0.481 e. The lowest BCUT2D eigenvalue weighted by Gasteiger charge is -2.45. The Bertz CT molecular complexity index is 1600. The van der Waals surface area contributed by atoms with E-state index in [9.17, 15) is 38.7 Å². The van der Waals surface area contributed by atoms with Crippen LogP contribution in [0.1, 0.15) is 36.8 Å². The van der Waals surface area contributed by atoms with Crippen molar-refractivity contribution < 1.29 is 38.7 Å². The van der Waals surface area contributed by atoms with Crippen LogP contribution >= 0.6 is 0 Å². The van der Waals surface area contributed by atoms with E-state index in [1.54, 1.807) is 60.7 Å². The second-order valence-corrected chi connectivity index (χ2v) is 11.9. The number of aliphatic imine (C=N–C) groups is 1. The van der Waals surface area contributed by atoms with Gasteiger partial charge < -0.3 is 47.6 Å². The van der Waals surface area contributed by atoms with Gasteiger partial charge in [-0.05, 0) is 24.0 Å². The van der Waals surface area contributed by atoms with Crippen molar-refractivity contribution in [3.63, 3.8) is 0 Å². The zero-order chi connectivity index (χ0) is 36.2. The number of piperazine rings is 1. The highest BCUT2D eigenvalue weighted by atomic mass is 16.4. The summed E-state index contributed by atoms with van der Waals surface area (Å²) in [5.74, 6) is -5.97. The molecule has 0 aromatic heterocycles. The van der Waals surface area contributed by atoms with Gasteiger partial charge in [0.05, 0.1) is 19.4 Å². The summed E-state index contributed by atoms with van der Waals surface area (Å²) >= 11 is 0. The van der Waals surface area contributed by atoms with E-state index in [0.717, 1.165) is 0 Å². The molecule has 17 heteroatoms. The molecule has 5 rings (SSSR count). The quantitative estimate of drug-likeness (QED) is 0.0620. The van der Waals surface area contributed by atoms with Crippen LogP contribution < -0.4 is 32.7 Å². The Labute approximate surface area is 287 Å². The lowest BCUT2D eigenvalue weighted by atomic mass is 9.98. The summed E-state index contributed by atoms with van der Waals surface area (Å²) in [6.07, 6.45) is -1.02. The van der Waals surface area contributed by atoms with E-state index in [1.165, 1.54) is 9.80 Å². The Kier molecular flexibility index (Phi) is 12.8. The summed E-state index contributed by atoms with van der Waals surface area (Å²) in [4.78, 5) is 99.8. The van der Waals surface area contributed by atoms with Crippen molar-refractivity contribution >= 4 is 47.4 Å². The number of benzene rings is 2. The van der Waals surface area contributed by atoms with Gasteiger partial charge in [0, 0.05) is 26.2 Å². The molecule has 6 amide bonds. The number of carboxylic acid groups (broad SMARTS) is 1. The van der Waals surface area contributed by atoms with Gasteiger partial charge in [-0.25, -0.2) is 0 Å². The van der Waals surface area contributed by atoms with Crippen molar-refractivity contribution in [1.82, 2.24) is 31.1 Å². The lowest BCUT2D eigenvalue weighted by molar-refractivity contribution is -0.164. The highest BCUT2D eigenvalue weighted by molar-refractivity contribution is 6.00. The third kappa shape index (κ3) is 10.2. The lowest BCUT2D eigenvalue weighted by Crippen LogP contribution is -2.67. The number of nitrogens with zero attached hydrogens (tertiary/aromatic N) is 3. The van der Waals surface area contributed by atoms with Crippen molar-refractivity contribution in [2.75, 3.05) is 19.6 Å². The molecule has 9 N–H and O–H groups in total. The summed E-state index contributed by atoms with van der Waals surface area (Å²) in [6, 6.07) is 12.3. The van der Waals surface area contributed by atoms with E-state index in [1.807, 2.05) is 0 Å². The number of fused-ring (bicyclic) bond motifs is 14. The number of aliphatic carboxylic acids is 1.